The molecule has 1 heterocycles. The van der Waals surface area contributed by atoms with Crippen molar-refractivity contribution in [3.8, 4) is 11.5 Å². The summed E-state index contributed by atoms with van der Waals surface area (Å²) >= 11 is 0. The Balaban J connectivity index is 2.41. The molecular weight excluding hydrogens is 240 g/mol. The molecule has 0 amide bonds. The molecule has 0 spiro atoms. The van der Waals surface area contributed by atoms with Gasteiger partial charge < -0.3 is 18.9 Å². The van der Waals surface area contributed by atoms with Crippen LogP contribution in [-0.2, 0) is 6.54 Å². The molecule has 19 heavy (non-hydrogen) atoms. The summed E-state index contributed by atoms with van der Waals surface area (Å²) in [5, 5.41) is 1.17. The normalized spacial score (nSPS) is 12.9. The lowest BCUT2D eigenvalue weighted by Crippen LogP contribution is -2.28. The van der Waals surface area contributed by atoms with E-state index >= 15 is 0 Å². The highest BCUT2D eigenvalue weighted by Crippen LogP contribution is 2.32. The Labute approximate surface area is 114 Å². The van der Waals surface area contributed by atoms with Gasteiger partial charge in [-0.25, -0.2) is 0 Å². The highest BCUT2D eigenvalue weighted by atomic mass is 16.5. The summed E-state index contributed by atoms with van der Waals surface area (Å²) in [4.78, 5) is 2.21. The van der Waals surface area contributed by atoms with E-state index in [4.69, 9.17) is 9.47 Å². The fraction of sp³-hybridized carbons (Fsp3) is 0.467. The van der Waals surface area contributed by atoms with Crippen LogP contribution in [0, 0.1) is 0 Å². The summed E-state index contributed by atoms with van der Waals surface area (Å²) in [7, 11) is 7.52. The van der Waals surface area contributed by atoms with Gasteiger partial charge in [0.05, 0.1) is 19.7 Å². The van der Waals surface area contributed by atoms with Crippen LogP contribution in [0.1, 0.15) is 6.92 Å². The van der Waals surface area contributed by atoms with Crippen molar-refractivity contribution >= 4 is 10.9 Å². The van der Waals surface area contributed by atoms with Crippen LogP contribution in [-0.4, -0.2) is 43.8 Å². The summed E-state index contributed by atoms with van der Waals surface area (Å²) < 4.78 is 13.0. The van der Waals surface area contributed by atoms with Gasteiger partial charge >= 0.3 is 0 Å². The van der Waals surface area contributed by atoms with Crippen LogP contribution >= 0.6 is 0 Å². The molecular formula is C15H22N2O2. The molecule has 1 unspecified atom stereocenters. The van der Waals surface area contributed by atoms with Crippen molar-refractivity contribution in [3.05, 3.63) is 24.4 Å². The fourth-order valence-electron chi connectivity index (χ4n) is 2.12. The molecule has 0 fully saturated rings. The van der Waals surface area contributed by atoms with Gasteiger partial charge in [0, 0.05) is 30.2 Å². The van der Waals surface area contributed by atoms with Crippen molar-refractivity contribution < 1.29 is 9.47 Å². The van der Waals surface area contributed by atoms with Crippen LogP contribution in [0.5, 0.6) is 11.5 Å². The molecule has 0 saturated carbocycles. The van der Waals surface area contributed by atoms with E-state index in [1.165, 1.54) is 10.9 Å². The molecule has 1 aromatic carbocycles. The van der Waals surface area contributed by atoms with E-state index in [-0.39, 0.29) is 0 Å². The molecule has 2 rings (SSSR count). The average molecular weight is 262 g/mol. The predicted octanol–water partition coefficient (Wildman–Crippen LogP) is 2.61. The van der Waals surface area contributed by atoms with E-state index in [0.717, 1.165) is 18.0 Å². The quantitative estimate of drug-likeness (QED) is 0.828. The maximum Gasteiger partial charge on any atom is 0.162 e. The molecule has 1 atom stereocenters. The van der Waals surface area contributed by atoms with Crippen LogP contribution in [0.25, 0.3) is 10.9 Å². The van der Waals surface area contributed by atoms with Gasteiger partial charge in [-0.15, -0.1) is 0 Å². The van der Waals surface area contributed by atoms with Crippen LogP contribution < -0.4 is 9.47 Å². The second-order valence-corrected chi connectivity index (χ2v) is 5.05. The second kappa shape index (κ2) is 5.53. The first-order valence-corrected chi connectivity index (χ1v) is 6.44. The summed E-state index contributed by atoms with van der Waals surface area (Å²) in [5.41, 5.74) is 1.17. The highest BCUT2D eigenvalue weighted by Gasteiger charge is 2.11. The predicted molar refractivity (Wildman–Crippen MR) is 78.2 cm³/mol. The van der Waals surface area contributed by atoms with Crippen molar-refractivity contribution in [2.75, 3.05) is 28.3 Å². The molecule has 0 N–H and O–H groups in total. The standard InChI is InChI=1S/C15H22N2O2/c1-11(16(2)3)10-17-7-6-12-8-14(18-4)15(19-5)9-13(12)17/h6-9,11H,10H2,1-5H3. The number of ether oxygens (including phenoxy) is 2. The van der Waals surface area contributed by atoms with Crippen LogP contribution in [0.4, 0.5) is 0 Å². The van der Waals surface area contributed by atoms with Crippen LogP contribution in [0.3, 0.4) is 0 Å². The second-order valence-electron chi connectivity index (χ2n) is 5.05. The number of rotatable bonds is 5. The minimum Gasteiger partial charge on any atom is -0.493 e. The number of aromatic nitrogens is 1. The number of benzene rings is 1. The smallest absolute Gasteiger partial charge is 0.162 e. The van der Waals surface area contributed by atoms with E-state index in [2.05, 4.69) is 42.7 Å². The van der Waals surface area contributed by atoms with Crippen molar-refractivity contribution in [2.24, 2.45) is 0 Å². The van der Waals surface area contributed by atoms with Crippen molar-refractivity contribution in [3.63, 3.8) is 0 Å². The van der Waals surface area contributed by atoms with E-state index in [9.17, 15) is 0 Å². The lowest BCUT2D eigenvalue weighted by atomic mass is 10.2. The van der Waals surface area contributed by atoms with Crippen molar-refractivity contribution in [1.29, 1.82) is 0 Å². The third-order valence-corrected chi connectivity index (χ3v) is 3.62. The first-order valence-electron chi connectivity index (χ1n) is 6.44. The zero-order valence-corrected chi connectivity index (χ0v) is 12.3. The Hall–Kier alpha value is -1.68. The molecule has 1 aromatic heterocycles. The third-order valence-electron chi connectivity index (χ3n) is 3.62. The summed E-state index contributed by atoms with van der Waals surface area (Å²) in [6.45, 7) is 3.17. The lowest BCUT2D eigenvalue weighted by molar-refractivity contribution is 0.286. The van der Waals surface area contributed by atoms with Crippen LogP contribution in [0.15, 0.2) is 24.4 Å². The van der Waals surface area contributed by atoms with E-state index < -0.39 is 0 Å². The Morgan fingerprint density at radius 1 is 1.16 bits per heavy atom. The number of methoxy groups -OCH3 is 2. The molecule has 0 aliphatic rings. The number of likely N-dealkylation sites (N-methyl/N-ethyl adjacent to an activating group) is 1. The monoisotopic (exact) mass is 262 g/mol. The molecule has 4 heteroatoms. The molecule has 0 radical (unpaired) electrons. The molecule has 0 saturated heterocycles. The van der Waals surface area contributed by atoms with Gasteiger partial charge in [-0.2, -0.15) is 0 Å². The van der Waals surface area contributed by atoms with E-state index in [1.807, 2.05) is 12.1 Å². The fourth-order valence-corrected chi connectivity index (χ4v) is 2.12. The Bertz CT molecular complexity index is 561. The molecule has 104 valence electrons. The number of nitrogens with zero attached hydrogens (tertiary/aromatic N) is 2. The summed E-state index contributed by atoms with van der Waals surface area (Å²) in [6, 6.07) is 6.64. The zero-order valence-electron chi connectivity index (χ0n) is 12.3. The van der Waals surface area contributed by atoms with Gasteiger partial charge in [0.25, 0.3) is 0 Å². The first kappa shape index (κ1) is 13.7. The lowest BCUT2D eigenvalue weighted by Gasteiger charge is -2.21. The zero-order chi connectivity index (χ0) is 14.0. The Kier molecular flexibility index (Phi) is 4.00. The first-order chi connectivity index (χ1) is 9.06. The Morgan fingerprint density at radius 2 is 1.79 bits per heavy atom. The summed E-state index contributed by atoms with van der Waals surface area (Å²) in [6.07, 6.45) is 2.11. The van der Waals surface area contributed by atoms with Gasteiger partial charge in [0.15, 0.2) is 11.5 Å². The SMILES string of the molecule is COc1cc2ccn(CC(C)N(C)C)c2cc1OC. The van der Waals surface area contributed by atoms with Gasteiger partial charge in [0.1, 0.15) is 0 Å². The van der Waals surface area contributed by atoms with E-state index in [1.54, 1.807) is 14.2 Å². The van der Waals surface area contributed by atoms with E-state index in [0.29, 0.717) is 6.04 Å². The maximum atomic E-state index is 5.37. The van der Waals surface area contributed by atoms with Crippen molar-refractivity contribution in [2.45, 2.75) is 19.5 Å². The third kappa shape index (κ3) is 2.68. The summed E-state index contributed by atoms with van der Waals surface area (Å²) in [5.74, 6) is 1.54. The number of hydrogen-bond donors (Lipinski definition) is 0. The highest BCUT2D eigenvalue weighted by molar-refractivity contribution is 5.84. The maximum absolute atomic E-state index is 5.37. The molecule has 4 nitrogen and oxygen atoms in total. The topological polar surface area (TPSA) is 26.6 Å². The Morgan fingerprint density at radius 3 is 2.37 bits per heavy atom. The number of fused-ring (bicyclic) bond motifs is 1. The minimum absolute atomic E-state index is 0.476. The number of hydrogen-bond acceptors (Lipinski definition) is 3. The van der Waals surface area contributed by atoms with Crippen molar-refractivity contribution in [1.82, 2.24) is 9.47 Å². The van der Waals surface area contributed by atoms with Gasteiger partial charge in [0.2, 0.25) is 0 Å². The van der Waals surface area contributed by atoms with Gasteiger partial charge in [-0.05, 0) is 33.2 Å². The molecule has 0 aliphatic carbocycles. The average Bonchev–Trinajstić information content (AvgIpc) is 2.79. The molecule has 0 aliphatic heterocycles. The van der Waals surface area contributed by atoms with Gasteiger partial charge in [-0.3, -0.25) is 0 Å². The van der Waals surface area contributed by atoms with Gasteiger partial charge in [-0.1, -0.05) is 0 Å². The largest absolute Gasteiger partial charge is 0.493 e. The molecule has 2 aromatic rings. The molecule has 0 bridgehead atoms. The minimum atomic E-state index is 0.476. The van der Waals surface area contributed by atoms with Crippen LogP contribution in [0.2, 0.25) is 0 Å².